The van der Waals surface area contributed by atoms with Gasteiger partial charge in [0, 0.05) is 25.2 Å². The van der Waals surface area contributed by atoms with Crippen LogP contribution in [-0.4, -0.2) is 4.98 Å². The van der Waals surface area contributed by atoms with Gasteiger partial charge in [-0.15, -0.1) is 0 Å². The van der Waals surface area contributed by atoms with Gasteiger partial charge in [-0.25, -0.2) is 0 Å². The second kappa shape index (κ2) is 5.51. The van der Waals surface area contributed by atoms with Crippen molar-refractivity contribution < 1.29 is 5.11 Å². The van der Waals surface area contributed by atoms with Crippen LogP contribution < -0.4 is 10.7 Å². The molecule has 1 aromatic heterocycles. The second-order valence-corrected chi connectivity index (χ2v) is 6.43. The number of nitrogens with one attached hydrogen (secondary N) is 1. The molecule has 0 unspecified atom stereocenters. The topological polar surface area (TPSA) is 55.9 Å². The van der Waals surface area contributed by atoms with Crippen LogP contribution in [0.25, 0.3) is 22.0 Å². The number of H-pyrrole nitrogens is 1. The maximum Gasteiger partial charge on any atom is 0.255 e. The minimum absolute atomic E-state index is 0.0474. The van der Waals surface area contributed by atoms with Gasteiger partial charge in [0.15, 0.2) is 0 Å². The van der Waals surface area contributed by atoms with Crippen LogP contribution in [0.3, 0.4) is 0 Å². The van der Waals surface area contributed by atoms with E-state index in [4.69, 9.17) is 23.2 Å². The van der Waals surface area contributed by atoms with Crippen molar-refractivity contribution in [2.24, 2.45) is 0 Å². The Balaban J connectivity index is 2.43. The Morgan fingerprint density at radius 3 is 2.52 bits per heavy atom. The minimum Gasteiger partial charge on any atom is -0.871 e. The summed E-state index contributed by atoms with van der Waals surface area (Å²) in [4.78, 5) is 14.9. The predicted molar refractivity (Wildman–Crippen MR) is 92.2 cm³/mol. The lowest BCUT2D eigenvalue weighted by atomic mass is 10.0. The Morgan fingerprint density at radius 2 is 1.81 bits per heavy atom. The summed E-state index contributed by atoms with van der Waals surface area (Å²) in [7, 11) is 0. The van der Waals surface area contributed by atoms with Gasteiger partial charge in [-0.2, -0.15) is 0 Å². The summed E-state index contributed by atoms with van der Waals surface area (Å²) in [6.07, 6.45) is 0. The summed E-state index contributed by atoms with van der Waals surface area (Å²) in [6, 6.07) is 10.0. The number of hydrogen-bond donors (Lipinski definition) is 1. The molecule has 6 heteroatoms. The van der Waals surface area contributed by atoms with Gasteiger partial charge in [0.2, 0.25) is 0 Å². The molecule has 0 fully saturated rings. The van der Waals surface area contributed by atoms with E-state index in [-0.39, 0.29) is 11.3 Å². The van der Waals surface area contributed by atoms with Crippen molar-refractivity contribution >= 4 is 56.7 Å². The molecule has 0 amide bonds. The van der Waals surface area contributed by atoms with Gasteiger partial charge >= 0.3 is 0 Å². The summed E-state index contributed by atoms with van der Waals surface area (Å²) in [5, 5.41) is 13.9. The molecular weight excluding hydrogens is 424 g/mol. The molecule has 0 bridgehead atoms. The van der Waals surface area contributed by atoms with Gasteiger partial charge in [0.25, 0.3) is 5.56 Å². The van der Waals surface area contributed by atoms with E-state index in [1.165, 1.54) is 0 Å². The number of rotatable bonds is 1. The van der Waals surface area contributed by atoms with Crippen LogP contribution in [0.15, 0.2) is 41.2 Å². The molecule has 0 saturated heterocycles. The highest BCUT2D eigenvalue weighted by Gasteiger charge is 2.12. The van der Waals surface area contributed by atoms with Crippen LogP contribution in [0.4, 0.5) is 0 Å². The highest BCUT2D eigenvalue weighted by Crippen LogP contribution is 2.35. The van der Waals surface area contributed by atoms with E-state index >= 15 is 0 Å². The summed E-state index contributed by atoms with van der Waals surface area (Å²) >= 11 is 14.2. The first kappa shape index (κ1) is 14.7. The second-order valence-electron chi connectivity index (χ2n) is 4.45. The van der Waals surface area contributed by atoms with Gasteiger partial charge in [0.1, 0.15) is 0 Å². The van der Waals surface area contributed by atoms with Crippen molar-refractivity contribution in [1.29, 1.82) is 0 Å². The smallest absolute Gasteiger partial charge is 0.255 e. The summed E-state index contributed by atoms with van der Waals surface area (Å²) < 4.78 is 0.746. The molecule has 0 atom stereocenters. The summed E-state index contributed by atoms with van der Waals surface area (Å²) in [5.74, 6) is -0.351. The van der Waals surface area contributed by atoms with Gasteiger partial charge < -0.3 is 10.1 Å². The Hall–Kier alpha value is -1.24. The largest absolute Gasteiger partial charge is 0.871 e. The average molecular weight is 431 g/mol. The van der Waals surface area contributed by atoms with E-state index in [9.17, 15) is 9.90 Å². The standard InChI is InChI=1S/C15H8Cl2INO2/c16-9-4-2-1-3-7(9)13-14(20)8-5-11(18)10(17)6-12(8)19-15(13)21/h1-6H,(H2,19,20,21)/p-1. The zero-order chi connectivity index (χ0) is 15.1. The number of fused-ring (bicyclic) bond motifs is 1. The highest BCUT2D eigenvalue weighted by molar-refractivity contribution is 14.1. The molecule has 21 heavy (non-hydrogen) atoms. The third kappa shape index (κ3) is 2.52. The number of halogens is 3. The lowest BCUT2D eigenvalue weighted by Crippen LogP contribution is -2.13. The fraction of sp³-hybridized carbons (Fsp3) is 0. The molecule has 0 spiro atoms. The van der Waals surface area contributed by atoms with Crippen LogP contribution in [0.5, 0.6) is 5.75 Å². The van der Waals surface area contributed by atoms with Gasteiger partial charge in [-0.1, -0.05) is 47.2 Å². The van der Waals surface area contributed by atoms with Crippen LogP contribution in [0.2, 0.25) is 10.0 Å². The van der Waals surface area contributed by atoms with Gasteiger partial charge in [-0.3, -0.25) is 4.79 Å². The zero-order valence-corrected chi connectivity index (χ0v) is 14.1. The van der Waals surface area contributed by atoms with Crippen molar-refractivity contribution in [3.05, 3.63) is 60.4 Å². The fourth-order valence-corrected chi connectivity index (χ4v) is 3.03. The molecule has 3 rings (SSSR count). The molecule has 1 heterocycles. The number of hydrogen-bond acceptors (Lipinski definition) is 2. The Labute approximate surface area is 143 Å². The molecule has 0 aliphatic rings. The molecule has 0 aliphatic heterocycles. The van der Waals surface area contributed by atoms with Crippen LogP contribution in [0.1, 0.15) is 0 Å². The van der Waals surface area contributed by atoms with E-state index in [1.54, 1.807) is 36.4 Å². The van der Waals surface area contributed by atoms with E-state index in [1.807, 2.05) is 22.6 Å². The first-order valence-electron chi connectivity index (χ1n) is 5.96. The lowest BCUT2D eigenvalue weighted by molar-refractivity contribution is -0.264. The predicted octanol–water partition coefficient (Wildman–Crippen LogP) is 4.18. The van der Waals surface area contributed by atoms with Crippen molar-refractivity contribution in [3.63, 3.8) is 0 Å². The molecule has 1 N–H and O–H groups in total. The molecule has 0 saturated carbocycles. The Morgan fingerprint density at radius 1 is 1.10 bits per heavy atom. The normalized spacial score (nSPS) is 11.0. The molecule has 106 valence electrons. The van der Waals surface area contributed by atoms with E-state index in [0.717, 1.165) is 3.57 Å². The number of aromatic amines is 1. The molecule has 2 aromatic carbocycles. The molecule has 0 aliphatic carbocycles. The summed E-state index contributed by atoms with van der Waals surface area (Å²) in [5.41, 5.74) is 0.424. The first-order chi connectivity index (χ1) is 9.99. The fourth-order valence-electron chi connectivity index (χ4n) is 2.17. The summed E-state index contributed by atoms with van der Waals surface area (Å²) in [6.45, 7) is 0. The highest BCUT2D eigenvalue weighted by atomic mass is 127. The third-order valence-electron chi connectivity index (χ3n) is 3.15. The van der Waals surface area contributed by atoms with Crippen molar-refractivity contribution in [1.82, 2.24) is 4.98 Å². The maximum absolute atomic E-state index is 12.6. The van der Waals surface area contributed by atoms with Gasteiger partial charge in [0.05, 0.1) is 5.02 Å². The lowest BCUT2D eigenvalue weighted by Gasteiger charge is -2.17. The van der Waals surface area contributed by atoms with E-state index < -0.39 is 5.56 Å². The first-order valence-corrected chi connectivity index (χ1v) is 7.79. The molecular formula is C15H7Cl2INO2-. The van der Waals surface area contributed by atoms with Crippen LogP contribution in [0, 0.1) is 3.57 Å². The maximum atomic E-state index is 12.6. The quantitative estimate of drug-likeness (QED) is 0.589. The van der Waals surface area contributed by atoms with Crippen molar-refractivity contribution in [2.45, 2.75) is 0 Å². The number of benzene rings is 2. The van der Waals surface area contributed by atoms with Crippen molar-refractivity contribution in [3.8, 4) is 16.9 Å². The van der Waals surface area contributed by atoms with Crippen LogP contribution in [-0.2, 0) is 0 Å². The van der Waals surface area contributed by atoms with Crippen LogP contribution >= 0.6 is 45.8 Å². The van der Waals surface area contributed by atoms with Gasteiger partial charge in [-0.05, 0) is 46.2 Å². The molecule has 3 aromatic rings. The monoisotopic (exact) mass is 430 g/mol. The average Bonchev–Trinajstić information content (AvgIpc) is 2.43. The Kier molecular flexibility index (Phi) is 3.86. The number of aromatic nitrogens is 1. The van der Waals surface area contributed by atoms with Crippen molar-refractivity contribution in [2.75, 3.05) is 0 Å². The minimum atomic E-state index is -0.474. The SMILES string of the molecule is O=c1[nH]c2cc(Cl)c(I)cc2c([O-])c1-c1ccccc1Cl. The zero-order valence-electron chi connectivity index (χ0n) is 10.4. The number of pyridine rings is 1. The third-order valence-corrected chi connectivity index (χ3v) is 5.00. The van der Waals surface area contributed by atoms with E-state index in [2.05, 4.69) is 4.98 Å². The Bertz CT molecular complexity index is 921. The molecule has 3 nitrogen and oxygen atoms in total. The molecule has 0 radical (unpaired) electrons. The van der Waals surface area contributed by atoms with E-state index in [0.29, 0.717) is 26.5 Å².